The maximum atomic E-state index is 15.6. The predicted molar refractivity (Wildman–Crippen MR) is 136 cm³/mol. The van der Waals surface area contributed by atoms with E-state index in [-0.39, 0.29) is 5.56 Å². The molecule has 6 rings (SSSR count). The van der Waals surface area contributed by atoms with Gasteiger partial charge in [0, 0.05) is 62.3 Å². The van der Waals surface area contributed by atoms with Crippen LogP contribution in [0.5, 0.6) is 5.75 Å². The molecule has 2 aliphatic rings. The Kier molecular flexibility index (Phi) is 5.55. The number of fused-ring (bicyclic) bond motifs is 2. The van der Waals surface area contributed by atoms with Crippen LogP contribution >= 0.6 is 0 Å². The topological polar surface area (TPSA) is 88.7 Å². The van der Waals surface area contributed by atoms with Gasteiger partial charge >= 0.3 is 0 Å². The number of amides is 1. The minimum atomic E-state index is -0.592. The summed E-state index contributed by atoms with van der Waals surface area (Å²) >= 11 is 0. The van der Waals surface area contributed by atoms with E-state index in [1.807, 2.05) is 19.3 Å². The summed E-state index contributed by atoms with van der Waals surface area (Å²) in [4.78, 5) is 20.0. The molecule has 10 heteroatoms. The van der Waals surface area contributed by atoms with Gasteiger partial charge in [-0.15, -0.1) is 0 Å². The van der Waals surface area contributed by atoms with E-state index in [4.69, 9.17) is 4.74 Å². The number of nitrogens with one attached hydrogen (secondary N) is 2. The highest BCUT2D eigenvalue weighted by atomic mass is 19.1. The minimum absolute atomic E-state index is 0.0800. The highest BCUT2D eigenvalue weighted by Crippen LogP contribution is 2.34. The summed E-state index contributed by atoms with van der Waals surface area (Å²) in [6.45, 7) is 3.56. The molecule has 9 nitrogen and oxygen atoms in total. The van der Waals surface area contributed by atoms with Gasteiger partial charge in [0.1, 0.15) is 34.0 Å². The van der Waals surface area contributed by atoms with Gasteiger partial charge in [-0.05, 0) is 38.7 Å². The van der Waals surface area contributed by atoms with E-state index >= 15 is 4.39 Å². The molecule has 1 aliphatic heterocycles. The van der Waals surface area contributed by atoms with Crippen LogP contribution in [0.4, 0.5) is 15.8 Å². The Bertz CT molecular complexity index is 1460. The van der Waals surface area contributed by atoms with Crippen molar-refractivity contribution in [2.75, 3.05) is 30.4 Å². The number of nitrogens with zero attached hydrogens (tertiary/aromatic N) is 5. The molecule has 36 heavy (non-hydrogen) atoms. The van der Waals surface area contributed by atoms with E-state index < -0.39 is 11.7 Å². The first-order valence-corrected chi connectivity index (χ1v) is 12.4. The summed E-state index contributed by atoms with van der Waals surface area (Å²) in [5.41, 5.74) is 3.01. The molecule has 0 unspecified atom stereocenters. The van der Waals surface area contributed by atoms with Crippen molar-refractivity contribution in [3.05, 3.63) is 47.8 Å². The third kappa shape index (κ3) is 4.15. The molecule has 0 radical (unpaired) electrons. The predicted octanol–water partition coefficient (Wildman–Crippen LogP) is 3.65. The second kappa shape index (κ2) is 8.77. The largest absolute Gasteiger partial charge is 0.494 e. The molecular weight excluding hydrogens is 461 g/mol. The van der Waals surface area contributed by atoms with Crippen LogP contribution in [0.25, 0.3) is 16.6 Å². The third-order valence-corrected chi connectivity index (χ3v) is 7.10. The monoisotopic (exact) mass is 491 g/mol. The van der Waals surface area contributed by atoms with Gasteiger partial charge in [0.15, 0.2) is 0 Å². The molecule has 2 fully saturated rings. The second-order valence-corrected chi connectivity index (χ2v) is 9.88. The fraction of sp³-hybridized carbons (Fsp3) is 0.423. The zero-order valence-corrected chi connectivity index (χ0v) is 20.7. The summed E-state index contributed by atoms with van der Waals surface area (Å²) < 4.78 is 24.5. The number of hydrogen-bond acceptors (Lipinski definition) is 6. The normalized spacial score (nSPS) is 16.7. The van der Waals surface area contributed by atoms with Crippen molar-refractivity contribution < 1.29 is 13.9 Å². The third-order valence-electron chi connectivity index (χ3n) is 7.10. The smallest absolute Gasteiger partial charge is 0.261 e. The molecule has 188 valence electrons. The quantitative estimate of drug-likeness (QED) is 0.428. The molecule has 1 saturated heterocycles. The zero-order chi connectivity index (χ0) is 25.0. The number of carbonyl (C=O) groups is 1. The van der Waals surface area contributed by atoms with Crippen LogP contribution in [-0.4, -0.2) is 57.4 Å². The Morgan fingerprint density at radius 3 is 2.58 bits per heavy atom. The lowest BCUT2D eigenvalue weighted by molar-refractivity contribution is 0.102. The summed E-state index contributed by atoms with van der Waals surface area (Å²) in [6.07, 6.45) is 9.99. The van der Waals surface area contributed by atoms with Gasteiger partial charge in [-0.3, -0.25) is 9.48 Å². The van der Waals surface area contributed by atoms with E-state index in [2.05, 4.69) is 25.6 Å². The Hall–Kier alpha value is -3.66. The molecule has 2 N–H and O–H groups in total. The van der Waals surface area contributed by atoms with Gasteiger partial charge in [-0.1, -0.05) is 0 Å². The number of hydrogen-bond donors (Lipinski definition) is 2. The SMILES string of the molecule is COc1cc2nc(C)cn2cc1NC(=O)c1c(F)cc(N2CCC(NC3CC3)CC2)c2cn(C)nc12. The van der Waals surface area contributed by atoms with Gasteiger partial charge in [-0.2, -0.15) is 5.10 Å². The average Bonchev–Trinajstić information content (AvgIpc) is 3.46. The molecule has 1 saturated carbocycles. The van der Waals surface area contributed by atoms with Crippen molar-refractivity contribution in [2.24, 2.45) is 7.05 Å². The number of halogens is 1. The molecule has 1 aromatic carbocycles. The first kappa shape index (κ1) is 22.8. The van der Waals surface area contributed by atoms with Crippen LogP contribution in [0.1, 0.15) is 41.7 Å². The Morgan fingerprint density at radius 1 is 1.11 bits per heavy atom. The van der Waals surface area contributed by atoms with Crippen LogP contribution in [0.3, 0.4) is 0 Å². The van der Waals surface area contributed by atoms with Gasteiger partial charge in [0.25, 0.3) is 5.91 Å². The fourth-order valence-corrected chi connectivity index (χ4v) is 5.18. The number of methoxy groups -OCH3 is 1. The van der Waals surface area contributed by atoms with E-state index in [0.29, 0.717) is 34.7 Å². The van der Waals surface area contributed by atoms with Crippen LogP contribution in [0.15, 0.2) is 30.7 Å². The molecule has 1 amide bonds. The molecule has 4 heterocycles. The minimum Gasteiger partial charge on any atom is -0.494 e. The van der Waals surface area contributed by atoms with Gasteiger partial charge in [0.2, 0.25) is 0 Å². The van der Waals surface area contributed by atoms with E-state index in [0.717, 1.165) is 42.7 Å². The lowest BCUT2D eigenvalue weighted by Gasteiger charge is -2.34. The van der Waals surface area contributed by atoms with Crippen LogP contribution in [0.2, 0.25) is 0 Å². The Morgan fingerprint density at radius 2 is 1.86 bits per heavy atom. The number of ether oxygens (including phenoxy) is 1. The second-order valence-electron chi connectivity index (χ2n) is 9.88. The lowest BCUT2D eigenvalue weighted by Crippen LogP contribution is -2.43. The molecule has 3 aromatic heterocycles. The maximum Gasteiger partial charge on any atom is 0.261 e. The lowest BCUT2D eigenvalue weighted by atomic mass is 10.0. The molecule has 0 spiro atoms. The van der Waals surface area contributed by atoms with Crippen molar-refractivity contribution in [3.63, 3.8) is 0 Å². The van der Waals surface area contributed by atoms with Crippen molar-refractivity contribution >= 4 is 33.8 Å². The van der Waals surface area contributed by atoms with Crippen molar-refractivity contribution in [1.29, 1.82) is 0 Å². The van der Waals surface area contributed by atoms with Gasteiger partial charge in [0.05, 0.1) is 18.5 Å². The number of piperidine rings is 1. The fourth-order valence-electron chi connectivity index (χ4n) is 5.18. The highest BCUT2D eigenvalue weighted by molar-refractivity contribution is 6.14. The Labute approximate surface area is 208 Å². The number of pyridine rings is 1. The first-order valence-electron chi connectivity index (χ1n) is 12.4. The number of benzene rings is 1. The van der Waals surface area contributed by atoms with Crippen LogP contribution in [-0.2, 0) is 7.05 Å². The van der Waals surface area contributed by atoms with Gasteiger partial charge in [-0.25, -0.2) is 9.37 Å². The number of imidazole rings is 1. The molecular formula is C26H30FN7O2. The molecule has 0 bridgehead atoms. The number of aryl methyl sites for hydroxylation is 2. The summed E-state index contributed by atoms with van der Waals surface area (Å²) in [5, 5.41) is 11.8. The average molecular weight is 492 g/mol. The summed E-state index contributed by atoms with van der Waals surface area (Å²) in [5.74, 6) is -0.728. The highest BCUT2D eigenvalue weighted by Gasteiger charge is 2.29. The van der Waals surface area contributed by atoms with E-state index in [9.17, 15) is 4.79 Å². The number of rotatable bonds is 6. The standard InChI is InChI=1S/C26H30FN7O2/c1-15-12-34-14-20(22(36-3)11-23(34)28-15)30-26(35)24-19(27)10-21(18-13-32(2)31-25(18)24)33-8-6-17(7-9-33)29-16-4-5-16/h10-14,16-17,29H,4-9H2,1-3H3,(H,30,35). The molecule has 1 aliphatic carbocycles. The Balaban J connectivity index is 1.31. The maximum absolute atomic E-state index is 15.6. The first-order chi connectivity index (χ1) is 17.4. The van der Waals surface area contributed by atoms with E-state index in [1.165, 1.54) is 26.0 Å². The molecule has 4 aromatic rings. The van der Waals surface area contributed by atoms with Crippen LogP contribution in [0, 0.1) is 12.7 Å². The van der Waals surface area contributed by atoms with Crippen molar-refractivity contribution in [3.8, 4) is 5.75 Å². The van der Waals surface area contributed by atoms with Crippen molar-refractivity contribution in [2.45, 2.75) is 44.7 Å². The number of aromatic nitrogens is 4. The zero-order valence-electron chi connectivity index (χ0n) is 20.7. The van der Waals surface area contributed by atoms with Gasteiger partial charge < -0.3 is 24.7 Å². The summed E-state index contributed by atoms with van der Waals surface area (Å²) in [6, 6.07) is 4.41. The summed E-state index contributed by atoms with van der Waals surface area (Å²) in [7, 11) is 3.31. The number of carbonyl (C=O) groups excluding carboxylic acids is 1. The van der Waals surface area contributed by atoms with Crippen molar-refractivity contribution in [1.82, 2.24) is 24.5 Å². The van der Waals surface area contributed by atoms with Crippen LogP contribution < -0.4 is 20.3 Å². The van der Waals surface area contributed by atoms with E-state index in [1.54, 1.807) is 28.4 Å². The number of anilines is 2. The molecule has 0 atom stereocenters.